The minimum absolute atomic E-state index is 0.224. The summed E-state index contributed by atoms with van der Waals surface area (Å²) >= 11 is 2.82. The number of nitrogens with zero attached hydrogens (tertiary/aromatic N) is 2. The number of furan rings is 1. The molecule has 0 saturated carbocycles. The number of hydrogen-bond donors (Lipinski definition) is 0. The number of benzene rings is 1. The minimum atomic E-state index is -0.399. The topological polar surface area (TPSA) is 46.3 Å². The molecule has 0 saturated heterocycles. The van der Waals surface area contributed by atoms with E-state index in [1.54, 1.807) is 47.9 Å². The lowest BCUT2D eigenvalue weighted by Crippen LogP contribution is -2.28. The fraction of sp³-hybridized carbons (Fsp3) is 0.0526. The van der Waals surface area contributed by atoms with Crippen LogP contribution < -0.4 is 4.90 Å². The number of carbonyl (C=O) groups excluding carboxylic acids is 1. The van der Waals surface area contributed by atoms with Gasteiger partial charge in [0.25, 0.3) is 5.91 Å². The molecule has 4 rings (SSSR count). The Hall–Kier alpha value is -2.77. The van der Waals surface area contributed by atoms with E-state index in [0.717, 1.165) is 4.88 Å². The SMILES string of the molecule is O=C(C=Cc1cccs1)N(Cc1ccco1)c1nc2c(F)cccc2s1. The predicted octanol–water partition coefficient (Wildman–Crippen LogP) is 5.34. The van der Waals surface area contributed by atoms with Crippen LogP contribution in [0.3, 0.4) is 0 Å². The van der Waals surface area contributed by atoms with E-state index in [4.69, 9.17) is 4.42 Å². The molecule has 0 radical (unpaired) electrons. The predicted molar refractivity (Wildman–Crippen MR) is 103 cm³/mol. The highest BCUT2D eigenvalue weighted by Gasteiger charge is 2.20. The first kappa shape index (κ1) is 16.7. The molecule has 1 aromatic carbocycles. The van der Waals surface area contributed by atoms with Crippen LogP contribution in [0.4, 0.5) is 9.52 Å². The molecule has 0 aliphatic heterocycles. The zero-order chi connectivity index (χ0) is 17.9. The third-order valence-electron chi connectivity index (χ3n) is 3.68. The first-order chi connectivity index (χ1) is 12.7. The fourth-order valence-electron chi connectivity index (χ4n) is 2.45. The van der Waals surface area contributed by atoms with Crippen molar-refractivity contribution in [2.45, 2.75) is 6.54 Å². The van der Waals surface area contributed by atoms with Gasteiger partial charge in [0.15, 0.2) is 5.13 Å². The summed E-state index contributed by atoms with van der Waals surface area (Å²) in [6, 6.07) is 12.2. The number of carbonyl (C=O) groups is 1. The van der Waals surface area contributed by atoms with E-state index in [-0.39, 0.29) is 18.0 Å². The third kappa shape index (κ3) is 3.44. The van der Waals surface area contributed by atoms with E-state index in [9.17, 15) is 9.18 Å². The zero-order valence-electron chi connectivity index (χ0n) is 13.5. The van der Waals surface area contributed by atoms with E-state index in [1.807, 2.05) is 17.5 Å². The molecule has 0 N–H and O–H groups in total. The molecule has 1 amide bonds. The van der Waals surface area contributed by atoms with Crippen molar-refractivity contribution in [2.75, 3.05) is 4.90 Å². The maximum absolute atomic E-state index is 14.0. The van der Waals surface area contributed by atoms with Gasteiger partial charge in [-0.2, -0.15) is 0 Å². The molecule has 130 valence electrons. The largest absolute Gasteiger partial charge is 0.467 e. The first-order valence-electron chi connectivity index (χ1n) is 7.81. The maximum atomic E-state index is 14.0. The van der Waals surface area contributed by atoms with Gasteiger partial charge < -0.3 is 4.42 Å². The number of para-hydroxylation sites is 1. The normalized spacial score (nSPS) is 11.4. The molecule has 0 aliphatic carbocycles. The van der Waals surface area contributed by atoms with Crippen LogP contribution in [0.15, 0.2) is 64.6 Å². The number of anilines is 1. The number of amides is 1. The van der Waals surface area contributed by atoms with E-state index in [1.165, 1.54) is 28.4 Å². The molecule has 0 spiro atoms. The van der Waals surface area contributed by atoms with Crippen molar-refractivity contribution in [1.29, 1.82) is 0 Å². The van der Waals surface area contributed by atoms with E-state index >= 15 is 0 Å². The van der Waals surface area contributed by atoms with Crippen molar-refractivity contribution < 1.29 is 13.6 Å². The lowest BCUT2D eigenvalue weighted by Gasteiger charge is -2.16. The van der Waals surface area contributed by atoms with Gasteiger partial charge in [-0.3, -0.25) is 9.69 Å². The van der Waals surface area contributed by atoms with Gasteiger partial charge in [-0.05, 0) is 41.8 Å². The Morgan fingerprint density at radius 1 is 1.23 bits per heavy atom. The Labute approximate surface area is 156 Å². The smallest absolute Gasteiger partial charge is 0.253 e. The molecule has 0 bridgehead atoms. The van der Waals surface area contributed by atoms with Gasteiger partial charge in [0, 0.05) is 11.0 Å². The highest BCUT2D eigenvalue weighted by atomic mass is 32.1. The number of halogens is 1. The number of rotatable bonds is 5. The van der Waals surface area contributed by atoms with Crippen LogP contribution in [0.1, 0.15) is 10.6 Å². The van der Waals surface area contributed by atoms with Gasteiger partial charge in [0.2, 0.25) is 0 Å². The standard InChI is InChI=1S/C19H13FN2O2S2/c20-15-6-1-7-16-18(15)21-19(26-16)22(12-13-4-2-10-24-13)17(23)9-8-14-5-3-11-25-14/h1-11H,12H2. The van der Waals surface area contributed by atoms with Crippen LogP contribution >= 0.6 is 22.7 Å². The average molecular weight is 384 g/mol. The molecule has 0 atom stereocenters. The average Bonchev–Trinajstić information content (AvgIpc) is 3.39. The van der Waals surface area contributed by atoms with Crippen LogP contribution in [0.25, 0.3) is 16.3 Å². The van der Waals surface area contributed by atoms with Crippen LogP contribution in [-0.4, -0.2) is 10.9 Å². The summed E-state index contributed by atoms with van der Waals surface area (Å²) in [4.78, 5) is 19.6. The van der Waals surface area contributed by atoms with Gasteiger partial charge in [-0.1, -0.05) is 23.5 Å². The number of thiophene rings is 1. The molecule has 4 nitrogen and oxygen atoms in total. The molecular formula is C19H13FN2O2S2. The summed E-state index contributed by atoms with van der Waals surface area (Å²) in [5, 5.41) is 2.38. The Morgan fingerprint density at radius 2 is 2.15 bits per heavy atom. The highest BCUT2D eigenvalue weighted by molar-refractivity contribution is 7.22. The Balaban J connectivity index is 1.69. The van der Waals surface area contributed by atoms with Crippen LogP contribution in [-0.2, 0) is 11.3 Å². The number of aromatic nitrogens is 1. The molecule has 0 fully saturated rings. The van der Waals surface area contributed by atoms with Crippen LogP contribution in [0.5, 0.6) is 0 Å². The zero-order valence-corrected chi connectivity index (χ0v) is 15.1. The number of fused-ring (bicyclic) bond motifs is 1. The minimum Gasteiger partial charge on any atom is -0.467 e. The van der Waals surface area contributed by atoms with Crippen molar-refractivity contribution in [3.8, 4) is 0 Å². The van der Waals surface area contributed by atoms with Crippen molar-refractivity contribution in [3.63, 3.8) is 0 Å². The van der Waals surface area contributed by atoms with Crippen molar-refractivity contribution in [3.05, 3.63) is 76.6 Å². The Kier molecular flexibility index (Phi) is 4.64. The summed E-state index contributed by atoms with van der Waals surface area (Å²) < 4.78 is 20.0. The van der Waals surface area contributed by atoms with Crippen LogP contribution in [0, 0.1) is 5.82 Å². The van der Waals surface area contributed by atoms with E-state index in [0.29, 0.717) is 15.6 Å². The van der Waals surface area contributed by atoms with Crippen LogP contribution in [0.2, 0.25) is 0 Å². The van der Waals surface area contributed by atoms with Gasteiger partial charge in [-0.25, -0.2) is 9.37 Å². The lowest BCUT2D eigenvalue weighted by molar-refractivity contribution is -0.114. The van der Waals surface area contributed by atoms with E-state index < -0.39 is 5.82 Å². The quantitative estimate of drug-likeness (QED) is 0.437. The molecule has 0 aliphatic rings. The van der Waals surface area contributed by atoms with Crippen molar-refractivity contribution >= 4 is 50.0 Å². The van der Waals surface area contributed by atoms with Gasteiger partial charge in [-0.15, -0.1) is 11.3 Å². The van der Waals surface area contributed by atoms with Gasteiger partial charge in [0.1, 0.15) is 17.1 Å². The monoisotopic (exact) mass is 384 g/mol. The molecule has 3 heterocycles. The lowest BCUT2D eigenvalue weighted by atomic mass is 10.3. The summed E-state index contributed by atoms with van der Waals surface area (Å²) in [6.07, 6.45) is 4.81. The fourth-order valence-corrected chi connectivity index (χ4v) is 4.05. The second-order valence-corrected chi connectivity index (χ2v) is 7.42. The Morgan fingerprint density at radius 3 is 2.88 bits per heavy atom. The third-order valence-corrected chi connectivity index (χ3v) is 5.56. The van der Waals surface area contributed by atoms with Gasteiger partial charge in [0.05, 0.1) is 17.5 Å². The van der Waals surface area contributed by atoms with Gasteiger partial charge >= 0.3 is 0 Å². The van der Waals surface area contributed by atoms with Crippen molar-refractivity contribution in [1.82, 2.24) is 4.98 Å². The van der Waals surface area contributed by atoms with Crippen molar-refractivity contribution in [2.24, 2.45) is 0 Å². The molecular weight excluding hydrogens is 371 g/mol. The molecule has 3 aromatic heterocycles. The second-order valence-electron chi connectivity index (χ2n) is 5.44. The maximum Gasteiger partial charge on any atom is 0.253 e. The molecule has 7 heteroatoms. The number of thiazole rings is 1. The first-order valence-corrected chi connectivity index (χ1v) is 9.51. The summed E-state index contributed by atoms with van der Waals surface area (Å²) in [7, 11) is 0. The summed E-state index contributed by atoms with van der Waals surface area (Å²) in [5.74, 6) is -0.0126. The van der Waals surface area contributed by atoms with E-state index in [2.05, 4.69) is 4.98 Å². The molecule has 4 aromatic rings. The molecule has 0 unspecified atom stereocenters. The summed E-state index contributed by atoms with van der Waals surface area (Å²) in [6.45, 7) is 0.224. The summed E-state index contributed by atoms with van der Waals surface area (Å²) in [5.41, 5.74) is 0.270. The molecule has 26 heavy (non-hydrogen) atoms. The second kappa shape index (κ2) is 7.23. The highest BCUT2D eigenvalue weighted by Crippen LogP contribution is 2.31. The number of hydrogen-bond acceptors (Lipinski definition) is 5. The Bertz CT molecular complexity index is 1050.